The van der Waals surface area contributed by atoms with Crippen molar-refractivity contribution in [3.8, 4) is 0 Å². The molecule has 0 fully saturated rings. The van der Waals surface area contributed by atoms with E-state index in [1.807, 2.05) is 46.8 Å². The first kappa shape index (κ1) is 13.8. The van der Waals surface area contributed by atoms with Crippen molar-refractivity contribution in [3.63, 3.8) is 0 Å². The molecule has 0 spiro atoms. The molecule has 3 nitrogen and oxygen atoms in total. The maximum absolute atomic E-state index is 12.3. The van der Waals surface area contributed by atoms with Crippen molar-refractivity contribution < 1.29 is 9.53 Å². The van der Waals surface area contributed by atoms with Crippen molar-refractivity contribution in [1.29, 1.82) is 0 Å². The van der Waals surface area contributed by atoms with Gasteiger partial charge in [-0.05, 0) is 31.4 Å². The molecule has 0 saturated carbocycles. The van der Waals surface area contributed by atoms with Crippen molar-refractivity contribution >= 4 is 5.78 Å². The van der Waals surface area contributed by atoms with Crippen molar-refractivity contribution in [2.45, 2.75) is 40.7 Å². The van der Waals surface area contributed by atoms with Crippen LogP contribution in [0.3, 0.4) is 0 Å². The molecular weight excluding hydrogens is 214 g/mol. The van der Waals surface area contributed by atoms with Crippen LogP contribution < -0.4 is 0 Å². The fraction of sp³-hybridized carbons (Fsp3) is 0.571. The molecule has 0 aromatic carbocycles. The Bertz CT molecular complexity index is 376. The van der Waals surface area contributed by atoms with Crippen LogP contribution in [-0.4, -0.2) is 23.5 Å². The highest BCUT2D eigenvalue weighted by atomic mass is 16.5. The van der Waals surface area contributed by atoms with E-state index in [1.54, 1.807) is 6.20 Å². The molecule has 1 atom stereocenters. The van der Waals surface area contributed by atoms with E-state index in [4.69, 9.17) is 4.74 Å². The summed E-state index contributed by atoms with van der Waals surface area (Å²) >= 11 is 0. The Morgan fingerprint density at radius 3 is 2.47 bits per heavy atom. The van der Waals surface area contributed by atoms with E-state index in [2.05, 4.69) is 4.98 Å². The largest absolute Gasteiger partial charge is 0.370 e. The summed E-state index contributed by atoms with van der Waals surface area (Å²) in [6.07, 6.45) is 1.20. The van der Waals surface area contributed by atoms with Crippen LogP contribution in [0, 0.1) is 12.3 Å². The predicted molar refractivity (Wildman–Crippen MR) is 68.2 cm³/mol. The average molecular weight is 235 g/mol. The summed E-state index contributed by atoms with van der Waals surface area (Å²) in [6.45, 7) is 10.4. The molecule has 0 aliphatic carbocycles. The highest BCUT2D eigenvalue weighted by Gasteiger charge is 2.32. The highest BCUT2D eigenvalue weighted by Crippen LogP contribution is 2.25. The minimum absolute atomic E-state index is 0.00634. The second kappa shape index (κ2) is 5.41. The zero-order valence-corrected chi connectivity index (χ0v) is 11.3. The summed E-state index contributed by atoms with van der Waals surface area (Å²) in [5, 5.41) is 0. The van der Waals surface area contributed by atoms with Crippen LogP contribution >= 0.6 is 0 Å². The lowest BCUT2D eigenvalue weighted by Gasteiger charge is -2.29. The standard InChI is InChI=1S/C14H21NO2/c1-6-17-13(14(3,4)5)12(16)11-8-7-10(2)15-9-11/h7-9,13H,6H2,1-5H3. The van der Waals surface area contributed by atoms with Gasteiger partial charge < -0.3 is 4.74 Å². The fourth-order valence-electron chi connectivity index (χ4n) is 1.65. The van der Waals surface area contributed by atoms with Crippen LogP contribution in [0.15, 0.2) is 18.3 Å². The number of Topliss-reactive ketones (excluding diaryl/α,β-unsaturated/α-hetero) is 1. The van der Waals surface area contributed by atoms with Gasteiger partial charge in [0.2, 0.25) is 0 Å². The van der Waals surface area contributed by atoms with E-state index in [1.165, 1.54) is 0 Å². The molecule has 94 valence electrons. The Labute approximate surface area is 103 Å². The summed E-state index contributed by atoms with van der Waals surface area (Å²) in [6, 6.07) is 3.65. The average Bonchev–Trinajstić information content (AvgIpc) is 2.24. The number of hydrogen-bond acceptors (Lipinski definition) is 3. The normalized spacial score (nSPS) is 13.5. The molecule has 0 amide bonds. The molecule has 0 bridgehead atoms. The quantitative estimate of drug-likeness (QED) is 0.753. The third-order valence-electron chi connectivity index (χ3n) is 2.55. The molecule has 0 N–H and O–H groups in total. The molecule has 1 heterocycles. The van der Waals surface area contributed by atoms with Gasteiger partial charge in [-0.3, -0.25) is 9.78 Å². The Hall–Kier alpha value is -1.22. The van der Waals surface area contributed by atoms with Gasteiger partial charge in [-0.1, -0.05) is 20.8 Å². The number of aryl methyl sites for hydroxylation is 1. The van der Waals surface area contributed by atoms with Crippen LogP contribution in [-0.2, 0) is 4.74 Å². The summed E-state index contributed by atoms with van der Waals surface area (Å²) in [7, 11) is 0. The number of aromatic nitrogens is 1. The molecule has 0 aliphatic heterocycles. The number of nitrogens with zero attached hydrogens (tertiary/aromatic N) is 1. The van der Waals surface area contributed by atoms with Crippen LogP contribution in [0.5, 0.6) is 0 Å². The zero-order chi connectivity index (χ0) is 13.1. The van der Waals surface area contributed by atoms with Gasteiger partial charge in [0, 0.05) is 24.1 Å². The van der Waals surface area contributed by atoms with Crippen LogP contribution in [0.4, 0.5) is 0 Å². The molecule has 3 heteroatoms. The molecule has 0 radical (unpaired) electrons. The lowest BCUT2D eigenvalue weighted by Crippen LogP contribution is -2.37. The molecule has 1 aromatic heterocycles. The van der Waals surface area contributed by atoms with Gasteiger partial charge in [-0.15, -0.1) is 0 Å². The molecule has 0 saturated heterocycles. The third kappa shape index (κ3) is 3.63. The molecule has 1 rings (SSSR count). The summed E-state index contributed by atoms with van der Waals surface area (Å²) < 4.78 is 5.58. The summed E-state index contributed by atoms with van der Waals surface area (Å²) in [4.78, 5) is 16.5. The van der Waals surface area contributed by atoms with Crippen LogP contribution in [0.1, 0.15) is 43.7 Å². The number of hydrogen-bond donors (Lipinski definition) is 0. The first-order chi connectivity index (χ1) is 7.86. The Balaban J connectivity index is 2.96. The Morgan fingerprint density at radius 2 is 2.06 bits per heavy atom. The van der Waals surface area contributed by atoms with Gasteiger partial charge >= 0.3 is 0 Å². The third-order valence-corrected chi connectivity index (χ3v) is 2.55. The molecular formula is C14H21NO2. The van der Waals surface area contributed by atoms with Crippen molar-refractivity contribution in [2.75, 3.05) is 6.61 Å². The fourth-order valence-corrected chi connectivity index (χ4v) is 1.65. The number of rotatable bonds is 4. The first-order valence-corrected chi connectivity index (χ1v) is 5.94. The van der Waals surface area contributed by atoms with Crippen LogP contribution in [0.2, 0.25) is 0 Å². The Morgan fingerprint density at radius 1 is 1.41 bits per heavy atom. The van der Waals surface area contributed by atoms with E-state index in [9.17, 15) is 4.79 Å². The lowest BCUT2D eigenvalue weighted by molar-refractivity contribution is -0.000244. The van der Waals surface area contributed by atoms with Crippen molar-refractivity contribution in [2.24, 2.45) is 5.41 Å². The smallest absolute Gasteiger partial charge is 0.193 e. The first-order valence-electron chi connectivity index (χ1n) is 5.94. The highest BCUT2D eigenvalue weighted by molar-refractivity contribution is 5.99. The second-order valence-corrected chi connectivity index (χ2v) is 5.25. The predicted octanol–water partition coefficient (Wildman–Crippen LogP) is 3.02. The monoisotopic (exact) mass is 235 g/mol. The topological polar surface area (TPSA) is 39.2 Å². The number of carbonyl (C=O) groups is 1. The van der Waals surface area contributed by atoms with Gasteiger partial charge in [0.15, 0.2) is 5.78 Å². The van der Waals surface area contributed by atoms with Crippen molar-refractivity contribution in [3.05, 3.63) is 29.6 Å². The Kier molecular flexibility index (Phi) is 4.40. The number of ether oxygens (including phenoxy) is 1. The van der Waals surface area contributed by atoms with E-state index in [0.29, 0.717) is 12.2 Å². The number of carbonyl (C=O) groups excluding carboxylic acids is 1. The summed E-state index contributed by atoms with van der Waals surface area (Å²) in [5.74, 6) is 0.00634. The minimum Gasteiger partial charge on any atom is -0.370 e. The van der Waals surface area contributed by atoms with Gasteiger partial charge in [-0.25, -0.2) is 0 Å². The van der Waals surface area contributed by atoms with Gasteiger partial charge in [-0.2, -0.15) is 0 Å². The lowest BCUT2D eigenvalue weighted by atomic mass is 9.84. The zero-order valence-electron chi connectivity index (χ0n) is 11.3. The summed E-state index contributed by atoms with van der Waals surface area (Å²) in [5.41, 5.74) is 1.31. The van der Waals surface area contributed by atoms with E-state index in [-0.39, 0.29) is 11.2 Å². The van der Waals surface area contributed by atoms with E-state index < -0.39 is 6.10 Å². The number of ketones is 1. The molecule has 1 unspecified atom stereocenters. The molecule has 0 aliphatic rings. The van der Waals surface area contributed by atoms with Gasteiger partial charge in [0.25, 0.3) is 0 Å². The van der Waals surface area contributed by atoms with Gasteiger partial charge in [0.05, 0.1) is 0 Å². The SMILES string of the molecule is CCOC(C(=O)c1ccc(C)nc1)C(C)(C)C. The van der Waals surface area contributed by atoms with Gasteiger partial charge in [0.1, 0.15) is 6.10 Å². The molecule has 1 aromatic rings. The van der Waals surface area contributed by atoms with E-state index >= 15 is 0 Å². The van der Waals surface area contributed by atoms with Crippen molar-refractivity contribution in [1.82, 2.24) is 4.98 Å². The maximum atomic E-state index is 12.3. The maximum Gasteiger partial charge on any atom is 0.193 e. The number of pyridine rings is 1. The van der Waals surface area contributed by atoms with Crippen LogP contribution in [0.25, 0.3) is 0 Å². The minimum atomic E-state index is -0.419. The molecule has 17 heavy (non-hydrogen) atoms. The second-order valence-electron chi connectivity index (χ2n) is 5.25. The van der Waals surface area contributed by atoms with E-state index in [0.717, 1.165) is 5.69 Å².